The molecule has 0 heterocycles. The van der Waals surface area contributed by atoms with E-state index < -0.39 is 5.82 Å². The lowest BCUT2D eigenvalue weighted by Gasteiger charge is -1.98. The molecular formula is C12H10FN3O. The zero-order valence-electron chi connectivity index (χ0n) is 9.27. The first-order valence-electron chi connectivity index (χ1n) is 4.95. The van der Waals surface area contributed by atoms with Gasteiger partial charge in [-0.1, -0.05) is 17.0 Å². The maximum Gasteiger partial charge on any atom is 0.162 e. The van der Waals surface area contributed by atoms with Crippen LogP contribution in [-0.2, 0) is 0 Å². The summed E-state index contributed by atoms with van der Waals surface area (Å²) < 4.78 is 13.2. The second-order valence-corrected chi connectivity index (χ2v) is 3.26. The van der Waals surface area contributed by atoms with Crippen LogP contribution in [0.5, 0.6) is 0 Å². The fourth-order valence-corrected chi connectivity index (χ4v) is 1.19. The maximum atomic E-state index is 13.2. The average molecular weight is 231 g/mol. The van der Waals surface area contributed by atoms with E-state index in [1.807, 2.05) is 0 Å². The quantitative estimate of drug-likeness (QED) is 0.197. The van der Waals surface area contributed by atoms with Gasteiger partial charge in [-0.2, -0.15) is 0 Å². The van der Waals surface area contributed by atoms with Crippen molar-refractivity contribution in [1.29, 1.82) is 0 Å². The van der Waals surface area contributed by atoms with E-state index in [0.29, 0.717) is 18.5 Å². The summed E-state index contributed by atoms with van der Waals surface area (Å²) in [6, 6.07) is 4.13. The van der Waals surface area contributed by atoms with E-state index in [2.05, 4.69) is 21.9 Å². The zero-order valence-corrected chi connectivity index (χ0v) is 9.27. The van der Waals surface area contributed by atoms with Gasteiger partial charge in [0.25, 0.3) is 0 Å². The predicted octanol–water partition coefficient (Wildman–Crippen LogP) is 3.08. The normalized spacial score (nSPS) is 8.82. The zero-order chi connectivity index (χ0) is 12.7. The fourth-order valence-electron chi connectivity index (χ4n) is 1.19. The molecule has 0 fully saturated rings. The third kappa shape index (κ3) is 3.98. The molecule has 0 aliphatic carbocycles. The predicted molar refractivity (Wildman–Crippen MR) is 61.9 cm³/mol. The molecule has 1 rings (SSSR count). The Morgan fingerprint density at radius 3 is 3.00 bits per heavy atom. The average Bonchev–Trinajstić information content (AvgIpc) is 2.30. The minimum atomic E-state index is -0.544. The summed E-state index contributed by atoms with van der Waals surface area (Å²) in [6.07, 6.45) is 0.427. The van der Waals surface area contributed by atoms with Gasteiger partial charge < -0.3 is 0 Å². The molecule has 0 unspecified atom stereocenters. The molecule has 1 aromatic rings. The molecule has 5 heteroatoms. The first-order chi connectivity index (χ1) is 8.15. The summed E-state index contributed by atoms with van der Waals surface area (Å²) in [5.74, 6) is 4.67. The molecule has 1 aromatic carbocycles. The van der Waals surface area contributed by atoms with Crippen LogP contribution in [0.1, 0.15) is 29.3 Å². The first kappa shape index (κ1) is 12.8. The van der Waals surface area contributed by atoms with E-state index >= 15 is 0 Å². The van der Waals surface area contributed by atoms with Crippen molar-refractivity contribution in [2.45, 2.75) is 13.3 Å². The molecule has 17 heavy (non-hydrogen) atoms. The lowest BCUT2D eigenvalue weighted by Crippen LogP contribution is -1.97. The molecule has 4 nitrogen and oxygen atoms in total. The number of benzene rings is 1. The molecule has 0 aromatic heterocycles. The van der Waals surface area contributed by atoms with Crippen molar-refractivity contribution in [3.63, 3.8) is 0 Å². The van der Waals surface area contributed by atoms with Crippen molar-refractivity contribution in [1.82, 2.24) is 0 Å². The fraction of sp³-hybridized carbons (Fsp3) is 0.250. The van der Waals surface area contributed by atoms with Crippen LogP contribution < -0.4 is 0 Å². The van der Waals surface area contributed by atoms with Crippen LogP contribution in [0.4, 0.5) is 4.39 Å². The highest BCUT2D eigenvalue weighted by Crippen LogP contribution is 2.10. The number of hydrogen-bond acceptors (Lipinski definition) is 2. The van der Waals surface area contributed by atoms with E-state index in [1.54, 1.807) is 0 Å². The number of halogens is 1. The number of Topliss-reactive ketones (excluding diaryl/α,β-unsaturated/α-hetero) is 1. The van der Waals surface area contributed by atoms with Gasteiger partial charge in [0.05, 0.1) is 5.56 Å². The van der Waals surface area contributed by atoms with E-state index in [1.165, 1.54) is 25.1 Å². The van der Waals surface area contributed by atoms with Crippen LogP contribution in [0, 0.1) is 17.7 Å². The summed E-state index contributed by atoms with van der Waals surface area (Å²) >= 11 is 0. The van der Waals surface area contributed by atoms with Crippen LogP contribution in [0.2, 0.25) is 0 Å². The Morgan fingerprint density at radius 2 is 2.35 bits per heavy atom. The molecular weight excluding hydrogens is 221 g/mol. The van der Waals surface area contributed by atoms with Crippen molar-refractivity contribution in [3.05, 3.63) is 45.6 Å². The highest BCUT2D eigenvalue weighted by molar-refractivity contribution is 5.94. The topological polar surface area (TPSA) is 65.8 Å². The van der Waals surface area contributed by atoms with Crippen molar-refractivity contribution in [3.8, 4) is 11.8 Å². The van der Waals surface area contributed by atoms with Gasteiger partial charge in [-0.05, 0) is 30.7 Å². The number of rotatable bonds is 3. The van der Waals surface area contributed by atoms with Crippen molar-refractivity contribution >= 4 is 5.78 Å². The molecule has 0 saturated heterocycles. The second-order valence-electron chi connectivity index (χ2n) is 3.26. The third-order valence-electron chi connectivity index (χ3n) is 1.98. The molecule has 0 radical (unpaired) electrons. The van der Waals surface area contributed by atoms with E-state index in [0.717, 1.165) is 0 Å². The molecule has 86 valence electrons. The van der Waals surface area contributed by atoms with Crippen molar-refractivity contribution in [2.75, 3.05) is 6.54 Å². The summed E-state index contributed by atoms with van der Waals surface area (Å²) in [4.78, 5) is 13.7. The highest BCUT2D eigenvalue weighted by atomic mass is 19.1. The summed E-state index contributed by atoms with van der Waals surface area (Å²) in [5.41, 5.74) is 8.64. The maximum absolute atomic E-state index is 13.2. The lowest BCUT2D eigenvalue weighted by atomic mass is 10.1. The highest BCUT2D eigenvalue weighted by Gasteiger charge is 2.06. The number of carbonyl (C=O) groups excluding carboxylic acids is 1. The Labute approximate surface area is 98.1 Å². The molecule has 0 saturated carbocycles. The number of azide groups is 1. The molecule has 0 N–H and O–H groups in total. The van der Waals surface area contributed by atoms with Crippen LogP contribution in [0.15, 0.2) is 23.3 Å². The van der Waals surface area contributed by atoms with Gasteiger partial charge in [-0.25, -0.2) is 4.39 Å². The van der Waals surface area contributed by atoms with Gasteiger partial charge >= 0.3 is 0 Å². The molecule has 0 atom stereocenters. The van der Waals surface area contributed by atoms with Gasteiger partial charge in [0, 0.05) is 23.4 Å². The summed E-state index contributed by atoms with van der Waals surface area (Å²) in [7, 11) is 0. The number of nitrogens with zero attached hydrogens (tertiary/aromatic N) is 3. The Kier molecular flexibility index (Phi) is 4.74. The van der Waals surface area contributed by atoms with Gasteiger partial charge in [0.1, 0.15) is 5.82 Å². The number of carbonyl (C=O) groups is 1. The first-order valence-corrected chi connectivity index (χ1v) is 4.95. The minimum absolute atomic E-state index is 0.0341. The third-order valence-corrected chi connectivity index (χ3v) is 1.98. The Hall–Kier alpha value is -2.31. The van der Waals surface area contributed by atoms with Crippen LogP contribution in [0.3, 0.4) is 0 Å². The van der Waals surface area contributed by atoms with E-state index in [9.17, 15) is 9.18 Å². The molecule has 0 aliphatic rings. The minimum Gasteiger partial charge on any atom is -0.294 e. The van der Waals surface area contributed by atoms with E-state index in [-0.39, 0.29) is 11.3 Å². The smallest absolute Gasteiger partial charge is 0.162 e. The van der Waals surface area contributed by atoms with Gasteiger partial charge in [-0.15, -0.1) is 0 Å². The summed E-state index contributed by atoms with van der Waals surface area (Å²) in [6.45, 7) is 1.60. The number of hydrogen-bond donors (Lipinski definition) is 0. The molecule has 0 bridgehead atoms. The lowest BCUT2D eigenvalue weighted by molar-refractivity contribution is 0.101. The van der Waals surface area contributed by atoms with Crippen LogP contribution in [0.25, 0.3) is 10.4 Å². The standard InChI is InChI=1S/C12H10FN3O/c1-9(17)11-8-10(5-6-12(11)13)4-2-3-7-15-16-14/h5-6,8H,3,7H2,1H3. The second kappa shape index (κ2) is 6.31. The SMILES string of the molecule is CC(=O)c1cc(C#CCCN=[N+]=[N-])ccc1F. The number of ketones is 1. The molecule has 0 amide bonds. The Balaban J connectivity index is 2.82. The van der Waals surface area contributed by atoms with Gasteiger partial charge in [-0.3, -0.25) is 4.79 Å². The Bertz CT molecular complexity index is 536. The molecule has 0 spiro atoms. The molecule has 0 aliphatic heterocycles. The van der Waals surface area contributed by atoms with E-state index in [4.69, 9.17) is 5.53 Å². The van der Waals surface area contributed by atoms with Gasteiger partial charge in [0.2, 0.25) is 0 Å². The van der Waals surface area contributed by atoms with Crippen LogP contribution >= 0.6 is 0 Å². The largest absolute Gasteiger partial charge is 0.294 e. The Morgan fingerprint density at radius 1 is 1.59 bits per heavy atom. The van der Waals surface area contributed by atoms with Crippen LogP contribution in [-0.4, -0.2) is 12.3 Å². The van der Waals surface area contributed by atoms with Crippen molar-refractivity contribution in [2.24, 2.45) is 5.11 Å². The summed E-state index contributed by atoms with van der Waals surface area (Å²) in [5, 5.41) is 3.33. The van der Waals surface area contributed by atoms with Crippen molar-refractivity contribution < 1.29 is 9.18 Å². The monoisotopic (exact) mass is 231 g/mol. The van der Waals surface area contributed by atoms with Gasteiger partial charge in [0.15, 0.2) is 5.78 Å².